The molecule has 1 aliphatic heterocycles. The van der Waals surface area contributed by atoms with E-state index in [1.54, 1.807) is 0 Å². The van der Waals surface area contributed by atoms with Crippen molar-refractivity contribution in [3.8, 4) is 0 Å². The molecule has 1 rings (SSSR count). The number of piperazine rings is 1. The first-order valence-electron chi connectivity index (χ1n) is 6.60. The van der Waals surface area contributed by atoms with Crippen molar-refractivity contribution < 1.29 is 4.74 Å². The molecule has 106 valence electrons. The Morgan fingerprint density at radius 3 is 2.39 bits per heavy atom. The van der Waals surface area contributed by atoms with E-state index in [4.69, 9.17) is 4.74 Å². The van der Waals surface area contributed by atoms with Crippen LogP contribution in [0.2, 0.25) is 0 Å². The van der Waals surface area contributed by atoms with E-state index in [2.05, 4.69) is 28.2 Å². The molecule has 6 heteroatoms. The molecule has 0 bridgehead atoms. The van der Waals surface area contributed by atoms with Crippen molar-refractivity contribution in [2.75, 3.05) is 52.5 Å². The van der Waals surface area contributed by atoms with Gasteiger partial charge in [-0.15, -0.1) is 4.91 Å². The average molecular weight is 275 g/mol. The summed E-state index contributed by atoms with van der Waals surface area (Å²) in [5, 5.41) is 0. The number of hydrogen-bond acceptors (Lipinski definition) is 6. The van der Waals surface area contributed by atoms with Crippen LogP contribution in [0.4, 0.5) is 0 Å². The number of ether oxygens (including phenoxy) is 1. The lowest BCUT2D eigenvalue weighted by atomic mass is 10.1. The van der Waals surface area contributed by atoms with Gasteiger partial charge in [-0.05, 0) is 20.8 Å². The highest BCUT2D eigenvalue weighted by atomic mass is 32.2. The number of hydrogen-bond donors (Lipinski definition) is 0. The van der Waals surface area contributed by atoms with Crippen LogP contribution >= 0.6 is 11.9 Å². The van der Waals surface area contributed by atoms with Crippen molar-refractivity contribution in [2.45, 2.75) is 25.5 Å². The van der Waals surface area contributed by atoms with Gasteiger partial charge in [0.15, 0.2) is 0 Å². The summed E-state index contributed by atoms with van der Waals surface area (Å²) >= 11 is 1.14. The van der Waals surface area contributed by atoms with Crippen molar-refractivity contribution in [1.29, 1.82) is 0 Å². The van der Waals surface area contributed by atoms with Gasteiger partial charge in [0.1, 0.15) is 0 Å². The highest BCUT2D eigenvalue weighted by molar-refractivity contribution is 7.99. The summed E-state index contributed by atoms with van der Waals surface area (Å²) in [6.07, 6.45) is 0. The first-order chi connectivity index (χ1) is 8.57. The molecule has 0 aromatic carbocycles. The number of nitrogens with zero attached hydrogens (tertiary/aromatic N) is 3. The summed E-state index contributed by atoms with van der Waals surface area (Å²) in [6.45, 7) is 14.0. The Bertz CT molecular complexity index is 243. The Balaban J connectivity index is 2.20. The molecule has 0 spiro atoms. The Kier molecular flexibility index (Phi) is 7.14. The molecule has 1 fully saturated rings. The lowest BCUT2D eigenvalue weighted by molar-refractivity contribution is 0.0787. The summed E-state index contributed by atoms with van der Waals surface area (Å²) in [6, 6.07) is 0. The zero-order valence-corrected chi connectivity index (χ0v) is 12.5. The fraction of sp³-hybridized carbons (Fsp3) is 1.00. The van der Waals surface area contributed by atoms with Gasteiger partial charge in [-0.3, -0.25) is 9.80 Å². The molecular formula is C12H25N3O2S. The summed E-state index contributed by atoms with van der Waals surface area (Å²) in [5.74, 6) is 0. The first-order valence-corrected chi connectivity index (χ1v) is 7.38. The van der Waals surface area contributed by atoms with E-state index in [0.717, 1.165) is 64.4 Å². The van der Waals surface area contributed by atoms with Crippen molar-refractivity contribution in [3.05, 3.63) is 4.91 Å². The van der Waals surface area contributed by atoms with E-state index >= 15 is 0 Å². The van der Waals surface area contributed by atoms with Crippen LogP contribution in [0, 0.1) is 4.91 Å². The Morgan fingerprint density at radius 2 is 1.83 bits per heavy atom. The molecule has 0 saturated carbocycles. The van der Waals surface area contributed by atoms with Gasteiger partial charge < -0.3 is 4.74 Å². The van der Waals surface area contributed by atoms with Crippen molar-refractivity contribution in [2.24, 2.45) is 4.58 Å². The third-order valence-corrected chi connectivity index (χ3v) is 3.81. The smallest absolute Gasteiger partial charge is 0.0593 e. The molecule has 0 aromatic rings. The average Bonchev–Trinajstić information content (AvgIpc) is 2.31. The highest BCUT2D eigenvalue weighted by Gasteiger charge is 2.26. The second kappa shape index (κ2) is 8.09. The van der Waals surface area contributed by atoms with Crippen LogP contribution in [0.25, 0.3) is 0 Å². The van der Waals surface area contributed by atoms with Crippen LogP contribution in [0.5, 0.6) is 0 Å². The third-order valence-electron chi connectivity index (χ3n) is 3.11. The van der Waals surface area contributed by atoms with E-state index in [1.165, 1.54) is 0 Å². The molecule has 5 nitrogen and oxygen atoms in total. The van der Waals surface area contributed by atoms with Gasteiger partial charge in [0.05, 0.1) is 6.61 Å². The predicted octanol–water partition coefficient (Wildman–Crippen LogP) is 1.83. The van der Waals surface area contributed by atoms with Gasteiger partial charge in [-0.25, -0.2) is 0 Å². The minimum absolute atomic E-state index is 0.0881. The standard InChI is InChI=1S/C12H25N3O2S/c1-4-17-10-9-14-5-7-15(8-6-14)11-12(2,3)18-13-16/h4-11H2,1-3H3. The topological polar surface area (TPSA) is 45.1 Å². The number of rotatable bonds is 8. The number of nitroso groups, excluding NO2 is 1. The predicted molar refractivity (Wildman–Crippen MR) is 76.8 cm³/mol. The first kappa shape index (κ1) is 15.9. The van der Waals surface area contributed by atoms with Gasteiger partial charge >= 0.3 is 0 Å². The molecule has 0 aliphatic carbocycles. The molecule has 0 amide bonds. The van der Waals surface area contributed by atoms with Crippen LogP contribution in [0.15, 0.2) is 4.58 Å². The summed E-state index contributed by atoms with van der Waals surface area (Å²) in [7, 11) is 0. The highest BCUT2D eigenvalue weighted by Crippen LogP contribution is 2.26. The van der Waals surface area contributed by atoms with Gasteiger partial charge in [0.25, 0.3) is 0 Å². The van der Waals surface area contributed by atoms with Crippen LogP contribution in [0.3, 0.4) is 0 Å². The van der Waals surface area contributed by atoms with Gasteiger partial charge in [0.2, 0.25) is 0 Å². The molecule has 0 aromatic heterocycles. The zero-order valence-electron chi connectivity index (χ0n) is 11.7. The summed E-state index contributed by atoms with van der Waals surface area (Å²) in [5.41, 5.74) is 0. The van der Waals surface area contributed by atoms with Crippen LogP contribution in [0.1, 0.15) is 20.8 Å². The van der Waals surface area contributed by atoms with Crippen LogP contribution < -0.4 is 0 Å². The molecule has 1 heterocycles. The van der Waals surface area contributed by atoms with Gasteiger partial charge in [-0.1, -0.05) is 0 Å². The molecular weight excluding hydrogens is 250 g/mol. The monoisotopic (exact) mass is 275 g/mol. The quantitative estimate of drug-likeness (QED) is 0.384. The Hall–Kier alpha value is -0.170. The fourth-order valence-electron chi connectivity index (χ4n) is 2.18. The zero-order chi connectivity index (χ0) is 13.4. The van der Waals surface area contributed by atoms with Crippen LogP contribution in [-0.2, 0) is 4.74 Å². The van der Waals surface area contributed by atoms with E-state index < -0.39 is 0 Å². The van der Waals surface area contributed by atoms with Crippen molar-refractivity contribution in [1.82, 2.24) is 9.80 Å². The minimum atomic E-state index is -0.0881. The molecule has 1 saturated heterocycles. The van der Waals surface area contributed by atoms with Crippen molar-refractivity contribution in [3.63, 3.8) is 0 Å². The van der Waals surface area contributed by atoms with Gasteiger partial charge in [0, 0.05) is 67.2 Å². The molecule has 0 N–H and O–H groups in total. The Labute approximate surface area is 114 Å². The lowest BCUT2D eigenvalue weighted by Crippen LogP contribution is -2.50. The second-order valence-corrected chi connectivity index (χ2v) is 6.68. The van der Waals surface area contributed by atoms with Crippen molar-refractivity contribution >= 4 is 11.9 Å². The van der Waals surface area contributed by atoms with E-state index in [-0.39, 0.29) is 4.75 Å². The second-order valence-electron chi connectivity index (χ2n) is 5.24. The fourth-order valence-corrected chi connectivity index (χ4v) is 2.62. The maximum Gasteiger partial charge on any atom is 0.0593 e. The molecule has 1 aliphatic rings. The van der Waals surface area contributed by atoms with Crippen LogP contribution in [-0.4, -0.2) is 67.0 Å². The molecule has 0 radical (unpaired) electrons. The Morgan fingerprint density at radius 1 is 1.22 bits per heavy atom. The van der Waals surface area contributed by atoms with E-state index in [0.29, 0.717) is 0 Å². The summed E-state index contributed by atoms with van der Waals surface area (Å²) in [4.78, 5) is 15.2. The SMILES string of the molecule is CCOCCN1CCN(CC(C)(C)SN=O)CC1. The van der Waals surface area contributed by atoms with E-state index in [1.807, 2.05) is 6.92 Å². The summed E-state index contributed by atoms with van der Waals surface area (Å²) < 4.78 is 8.23. The molecule has 18 heavy (non-hydrogen) atoms. The molecule has 0 unspecified atom stereocenters. The van der Waals surface area contributed by atoms with Gasteiger partial charge in [-0.2, -0.15) is 0 Å². The van der Waals surface area contributed by atoms with E-state index in [9.17, 15) is 4.91 Å². The third kappa shape index (κ3) is 6.13. The minimum Gasteiger partial charge on any atom is -0.380 e. The largest absolute Gasteiger partial charge is 0.380 e. The maximum atomic E-state index is 10.3. The molecule has 0 atom stereocenters. The lowest BCUT2D eigenvalue weighted by Gasteiger charge is -2.37. The maximum absolute atomic E-state index is 10.3. The normalized spacial score (nSPS) is 19.1.